The van der Waals surface area contributed by atoms with Crippen LogP contribution in [0.3, 0.4) is 0 Å². The minimum Gasteiger partial charge on any atom is -0.344 e. The third-order valence-corrected chi connectivity index (χ3v) is 4.44. The molecular formula is C18H24N6O3. The number of hydrogen-bond donors (Lipinski definition) is 2. The molecule has 0 radical (unpaired) electrons. The van der Waals surface area contributed by atoms with Crippen molar-refractivity contribution in [2.45, 2.75) is 45.7 Å². The molecular weight excluding hydrogens is 348 g/mol. The van der Waals surface area contributed by atoms with Gasteiger partial charge in [-0.2, -0.15) is 0 Å². The Morgan fingerprint density at radius 1 is 1.26 bits per heavy atom. The maximum absolute atomic E-state index is 12.6. The zero-order valence-corrected chi connectivity index (χ0v) is 15.9. The van der Waals surface area contributed by atoms with Gasteiger partial charge in [0.25, 0.3) is 5.91 Å². The summed E-state index contributed by atoms with van der Waals surface area (Å²) in [6.45, 7) is 6.97. The normalized spacial score (nSPS) is 17.4. The highest BCUT2D eigenvalue weighted by Gasteiger charge is 2.45. The lowest BCUT2D eigenvalue weighted by Gasteiger charge is -2.21. The number of urea groups is 1. The van der Waals surface area contributed by atoms with Crippen molar-refractivity contribution in [1.29, 1.82) is 0 Å². The molecule has 9 heteroatoms. The molecule has 2 aromatic rings. The van der Waals surface area contributed by atoms with Gasteiger partial charge in [-0.1, -0.05) is 19.9 Å². The average molecular weight is 372 g/mol. The summed E-state index contributed by atoms with van der Waals surface area (Å²) in [5, 5.41) is 13.8. The second kappa shape index (κ2) is 6.98. The van der Waals surface area contributed by atoms with Crippen molar-refractivity contribution in [3.05, 3.63) is 30.2 Å². The van der Waals surface area contributed by atoms with Crippen LogP contribution in [0, 0.1) is 5.92 Å². The van der Waals surface area contributed by atoms with E-state index in [9.17, 15) is 14.4 Å². The zero-order chi connectivity index (χ0) is 19.8. The summed E-state index contributed by atoms with van der Waals surface area (Å²) < 4.78 is 1.82. The fourth-order valence-corrected chi connectivity index (χ4v) is 3.14. The fraction of sp³-hybridized carbons (Fsp3) is 0.500. The first-order chi connectivity index (χ1) is 12.7. The topological polar surface area (TPSA) is 109 Å². The first-order valence-corrected chi connectivity index (χ1v) is 8.92. The maximum atomic E-state index is 12.6. The molecule has 144 valence electrons. The molecule has 1 aliphatic heterocycles. The number of pyridine rings is 1. The smallest absolute Gasteiger partial charge is 0.325 e. The van der Waals surface area contributed by atoms with Gasteiger partial charge in [-0.3, -0.25) is 18.9 Å². The largest absolute Gasteiger partial charge is 0.344 e. The molecule has 1 atom stereocenters. The molecule has 1 unspecified atom stereocenters. The summed E-state index contributed by atoms with van der Waals surface area (Å²) >= 11 is 0. The standard InChI is InChI=1S/C18H24N6O3/c1-11(2)9-12(15-22-21-13-7-5-6-8-23(13)15)19-14(25)10-24-16(26)18(3,4)20-17(24)27/h5-8,11-12H,9-10H2,1-4H3,(H,19,25)(H,20,27). The van der Waals surface area contributed by atoms with Crippen LogP contribution >= 0.6 is 0 Å². The van der Waals surface area contributed by atoms with Crippen molar-refractivity contribution in [3.63, 3.8) is 0 Å². The van der Waals surface area contributed by atoms with E-state index in [4.69, 9.17) is 0 Å². The molecule has 0 aromatic carbocycles. The van der Waals surface area contributed by atoms with Crippen molar-refractivity contribution in [1.82, 2.24) is 30.1 Å². The molecule has 4 amide bonds. The Kier molecular flexibility index (Phi) is 4.86. The Morgan fingerprint density at radius 3 is 2.63 bits per heavy atom. The van der Waals surface area contributed by atoms with Crippen LogP contribution in [-0.4, -0.2) is 49.4 Å². The molecule has 2 N–H and O–H groups in total. The summed E-state index contributed by atoms with van der Waals surface area (Å²) in [7, 11) is 0. The van der Waals surface area contributed by atoms with Crippen molar-refractivity contribution in [2.24, 2.45) is 5.92 Å². The number of fused-ring (bicyclic) bond motifs is 1. The second-order valence-corrected chi connectivity index (χ2v) is 7.68. The van der Waals surface area contributed by atoms with Gasteiger partial charge in [0.05, 0.1) is 6.04 Å². The molecule has 0 saturated carbocycles. The third kappa shape index (κ3) is 3.76. The number of nitrogens with one attached hydrogen (secondary N) is 2. The average Bonchev–Trinajstić information content (AvgIpc) is 3.08. The van der Waals surface area contributed by atoms with Crippen LogP contribution in [0.25, 0.3) is 5.65 Å². The molecule has 3 rings (SSSR count). The van der Waals surface area contributed by atoms with E-state index in [0.717, 1.165) is 4.90 Å². The van der Waals surface area contributed by atoms with Gasteiger partial charge in [-0.25, -0.2) is 4.79 Å². The molecule has 27 heavy (non-hydrogen) atoms. The lowest BCUT2D eigenvalue weighted by molar-refractivity contribution is -0.134. The monoisotopic (exact) mass is 372 g/mol. The number of aromatic nitrogens is 3. The van der Waals surface area contributed by atoms with Crippen molar-refractivity contribution >= 4 is 23.5 Å². The summed E-state index contributed by atoms with van der Waals surface area (Å²) in [5.74, 6) is 0.0673. The van der Waals surface area contributed by atoms with Crippen molar-refractivity contribution in [3.8, 4) is 0 Å². The van der Waals surface area contributed by atoms with Crippen LogP contribution in [0.15, 0.2) is 24.4 Å². The van der Waals surface area contributed by atoms with Gasteiger partial charge < -0.3 is 10.6 Å². The van der Waals surface area contributed by atoms with E-state index in [2.05, 4.69) is 20.8 Å². The molecule has 0 spiro atoms. The maximum Gasteiger partial charge on any atom is 0.325 e. The van der Waals surface area contributed by atoms with Gasteiger partial charge in [-0.15, -0.1) is 10.2 Å². The van der Waals surface area contributed by atoms with E-state index >= 15 is 0 Å². The highest BCUT2D eigenvalue weighted by atomic mass is 16.2. The first kappa shape index (κ1) is 18.8. The van der Waals surface area contributed by atoms with Gasteiger partial charge >= 0.3 is 6.03 Å². The highest BCUT2D eigenvalue weighted by molar-refractivity contribution is 6.08. The van der Waals surface area contributed by atoms with Crippen molar-refractivity contribution in [2.75, 3.05) is 6.54 Å². The lowest BCUT2D eigenvalue weighted by Crippen LogP contribution is -2.44. The lowest BCUT2D eigenvalue weighted by atomic mass is 10.0. The number of carbonyl (C=O) groups is 3. The predicted molar refractivity (Wildman–Crippen MR) is 97.6 cm³/mol. The van der Waals surface area contributed by atoms with Crippen LogP contribution in [0.5, 0.6) is 0 Å². The summed E-state index contributed by atoms with van der Waals surface area (Å²) in [4.78, 5) is 37.8. The molecule has 9 nitrogen and oxygen atoms in total. The Labute approximate surface area is 157 Å². The molecule has 1 fully saturated rings. The van der Waals surface area contributed by atoms with Gasteiger partial charge in [-0.05, 0) is 38.3 Å². The van der Waals surface area contributed by atoms with E-state index in [-0.39, 0.29) is 12.6 Å². The minimum atomic E-state index is -1.00. The van der Waals surface area contributed by atoms with Crippen LogP contribution in [0.4, 0.5) is 4.79 Å². The van der Waals surface area contributed by atoms with E-state index in [1.165, 1.54) is 0 Å². The Bertz CT molecular complexity index is 888. The van der Waals surface area contributed by atoms with Gasteiger partial charge in [0, 0.05) is 6.20 Å². The van der Waals surface area contributed by atoms with Crippen LogP contribution < -0.4 is 10.6 Å². The SMILES string of the molecule is CC(C)CC(NC(=O)CN1C(=O)NC(C)(C)C1=O)c1nnc2ccccn12. The number of nitrogens with zero attached hydrogens (tertiary/aromatic N) is 4. The van der Waals surface area contributed by atoms with Crippen LogP contribution in [0.1, 0.15) is 46.0 Å². The molecule has 1 saturated heterocycles. The van der Waals surface area contributed by atoms with E-state index in [1.807, 2.05) is 42.6 Å². The molecule has 3 heterocycles. The zero-order valence-electron chi connectivity index (χ0n) is 15.9. The predicted octanol–water partition coefficient (Wildman–Crippen LogP) is 1.26. The fourth-order valence-electron chi connectivity index (χ4n) is 3.14. The first-order valence-electron chi connectivity index (χ1n) is 8.92. The summed E-state index contributed by atoms with van der Waals surface area (Å²) in [6, 6.07) is 4.62. The van der Waals surface area contributed by atoms with Gasteiger partial charge in [0.1, 0.15) is 12.1 Å². The highest BCUT2D eigenvalue weighted by Crippen LogP contribution is 2.21. The summed E-state index contributed by atoms with van der Waals surface area (Å²) in [5.41, 5.74) is -0.316. The second-order valence-electron chi connectivity index (χ2n) is 7.68. The van der Waals surface area contributed by atoms with Crippen LogP contribution in [-0.2, 0) is 9.59 Å². The number of imide groups is 1. The quantitative estimate of drug-likeness (QED) is 0.742. The van der Waals surface area contributed by atoms with Gasteiger partial charge in [0.2, 0.25) is 5.91 Å². The van der Waals surface area contributed by atoms with E-state index < -0.39 is 23.4 Å². The molecule has 2 aromatic heterocycles. The molecule has 0 aliphatic carbocycles. The Hall–Kier alpha value is -2.97. The van der Waals surface area contributed by atoms with Crippen molar-refractivity contribution < 1.29 is 14.4 Å². The molecule has 1 aliphatic rings. The summed E-state index contributed by atoms with van der Waals surface area (Å²) in [6.07, 6.45) is 2.48. The number of amides is 4. The Balaban J connectivity index is 1.78. The number of rotatable bonds is 6. The Morgan fingerprint density at radius 2 is 2.00 bits per heavy atom. The molecule has 0 bridgehead atoms. The van der Waals surface area contributed by atoms with Crippen LogP contribution in [0.2, 0.25) is 0 Å². The van der Waals surface area contributed by atoms with E-state index in [1.54, 1.807) is 13.8 Å². The van der Waals surface area contributed by atoms with Gasteiger partial charge in [0.15, 0.2) is 11.5 Å². The number of carbonyl (C=O) groups excluding carboxylic acids is 3. The minimum absolute atomic E-state index is 0.294. The third-order valence-electron chi connectivity index (χ3n) is 4.44. The number of hydrogen-bond acceptors (Lipinski definition) is 5. The van der Waals surface area contributed by atoms with E-state index in [0.29, 0.717) is 23.8 Å².